The Kier molecular flexibility index (Phi) is 1.91. The van der Waals surface area contributed by atoms with Gasteiger partial charge in [0.15, 0.2) is 11.5 Å². The van der Waals surface area contributed by atoms with Crippen LogP contribution in [0.15, 0.2) is 12.1 Å². The van der Waals surface area contributed by atoms with E-state index < -0.39 is 6.04 Å². The summed E-state index contributed by atoms with van der Waals surface area (Å²) in [5, 5.41) is 0. The first-order valence-electron chi connectivity index (χ1n) is 5.55. The van der Waals surface area contributed by atoms with Gasteiger partial charge in [0.05, 0.1) is 11.0 Å². The molecule has 0 fully saturated rings. The SMILES string of the molecule is CC(C)c1nc2cc3c(cc2[nH]1)OC(C)(F)O3. The van der Waals surface area contributed by atoms with Crippen LogP contribution < -0.4 is 9.47 Å². The molecule has 17 heavy (non-hydrogen) atoms. The summed E-state index contributed by atoms with van der Waals surface area (Å²) in [5.41, 5.74) is 1.59. The lowest BCUT2D eigenvalue weighted by atomic mass is 10.2. The highest BCUT2D eigenvalue weighted by molar-refractivity contribution is 5.80. The highest BCUT2D eigenvalue weighted by Crippen LogP contribution is 2.42. The Balaban J connectivity index is 2.12. The molecule has 1 N–H and O–H groups in total. The van der Waals surface area contributed by atoms with Crippen molar-refractivity contribution in [1.82, 2.24) is 9.97 Å². The average Bonchev–Trinajstić information content (AvgIpc) is 2.71. The van der Waals surface area contributed by atoms with Gasteiger partial charge in [0.25, 0.3) is 0 Å². The van der Waals surface area contributed by atoms with E-state index in [4.69, 9.17) is 9.47 Å². The first kappa shape index (κ1) is 10.4. The zero-order chi connectivity index (χ0) is 12.2. The fourth-order valence-corrected chi connectivity index (χ4v) is 1.88. The van der Waals surface area contributed by atoms with Gasteiger partial charge in [0.1, 0.15) is 5.82 Å². The largest absolute Gasteiger partial charge is 0.423 e. The summed E-state index contributed by atoms with van der Waals surface area (Å²) in [5.74, 6) is 2.00. The van der Waals surface area contributed by atoms with Gasteiger partial charge in [-0.15, -0.1) is 0 Å². The van der Waals surface area contributed by atoms with E-state index in [1.54, 1.807) is 12.1 Å². The number of halogens is 1. The summed E-state index contributed by atoms with van der Waals surface area (Å²) in [6.07, 6.45) is 0. The molecule has 1 aliphatic rings. The van der Waals surface area contributed by atoms with Crippen molar-refractivity contribution in [3.8, 4) is 11.5 Å². The van der Waals surface area contributed by atoms with Gasteiger partial charge in [-0.2, -0.15) is 4.39 Å². The summed E-state index contributed by atoms with van der Waals surface area (Å²) in [6.45, 7) is 5.34. The molecule has 1 aromatic heterocycles. The van der Waals surface area contributed by atoms with E-state index in [9.17, 15) is 4.39 Å². The minimum absolute atomic E-state index is 0.311. The molecule has 2 aromatic rings. The minimum Gasteiger partial charge on any atom is -0.423 e. The van der Waals surface area contributed by atoms with Crippen molar-refractivity contribution in [2.45, 2.75) is 32.7 Å². The Bertz CT molecular complexity index is 544. The number of ether oxygens (including phenoxy) is 2. The predicted molar refractivity (Wildman–Crippen MR) is 61.0 cm³/mol. The highest BCUT2D eigenvalue weighted by atomic mass is 19.2. The van der Waals surface area contributed by atoms with Crippen LogP contribution in [0.25, 0.3) is 11.0 Å². The van der Waals surface area contributed by atoms with Crippen LogP contribution in [0.3, 0.4) is 0 Å². The van der Waals surface area contributed by atoms with E-state index in [0.717, 1.165) is 16.9 Å². The molecule has 0 amide bonds. The molecule has 0 radical (unpaired) electrons. The zero-order valence-corrected chi connectivity index (χ0v) is 9.87. The molecule has 1 unspecified atom stereocenters. The van der Waals surface area contributed by atoms with E-state index in [2.05, 4.69) is 23.8 Å². The van der Waals surface area contributed by atoms with Gasteiger partial charge in [-0.25, -0.2) is 4.98 Å². The number of fused-ring (bicyclic) bond motifs is 2. The standard InChI is InChI=1S/C12H13FN2O2/c1-6(2)11-14-7-4-9-10(5-8(7)15-11)17-12(3,13)16-9/h4-6H,1-3H3,(H,14,15). The van der Waals surface area contributed by atoms with Crippen LogP contribution in [-0.2, 0) is 0 Å². The first-order valence-corrected chi connectivity index (χ1v) is 5.55. The van der Waals surface area contributed by atoms with Crippen molar-refractivity contribution < 1.29 is 13.9 Å². The Morgan fingerprint density at radius 2 is 1.94 bits per heavy atom. The number of nitrogens with zero attached hydrogens (tertiary/aromatic N) is 1. The summed E-state index contributed by atoms with van der Waals surface area (Å²) in [7, 11) is 0. The number of aromatic nitrogens is 2. The van der Waals surface area contributed by atoms with E-state index in [1.807, 2.05) is 0 Å². The third kappa shape index (κ3) is 1.62. The molecule has 0 bridgehead atoms. The lowest BCUT2D eigenvalue weighted by Gasteiger charge is -2.10. The van der Waals surface area contributed by atoms with Gasteiger partial charge >= 0.3 is 6.04 Å². The topological polar surface area (TPSA) is 47.1 Å². The molecule has 4 nitrogen and oxygen atoms in total. The van der Waals surface area contributed by atoms with Gasteiger partial charge in [-0.3, -0.25) is 0 Å². The summed E-state index contributed by atoms with van der Waals surface area (Å²) < 4.78 is 23.6. The number of nitrogens with one attached hydrogen (secondary N) is 1. The van der Waals surface area contributed by atoms with Gasteiger partial charge in [-0.1, -0.05) is 13.8 Å². The van der Waals surface area contributed by atoms with Gasteiger partial charge in [-0.05, 0) is 0 Å². The molecule has 5 heteroatoms. The maximum absolute atomic E-state index is 13.5. The van der Waals surface area contributed by atoms with Crippen molar-refractivity contribution >= 4 is 11.0 Å². The number of hydrogen-bond acceptors (Lipinski definition) is 3. The molecule has 90 valence electrons. The van der Waals surface area contributed by atoms with Crippen LogP contribution in [0.2, 0.25) is 0 Å². The smallest absolute Gasteiger partial charge is 0.404 e. The fourth-order valence-electron chi connectivity index (χ4n) is 1.88. The Morgan fingerprint density at radius 1 is 1.29 bits per heavy atom. The molecule has 2 heterocycles. The second-order valence-electron chi connectivity index (χ2n) is 4.63. The van der Waals surface area contributed by atoms with E-state index in [0.29, 0.717) is 17.4 Å². The Morgan fingerprint density at radius 3 is 2.59 bits per heavy atom. The minimum atomic E-state index is -2.08. The Hall–Kier alpha value is -1.78. The van der Waals surface area contributed by atoms with Crippen LogP contribution >= 0.6 is 0 Å². The van der Waals surface area contributed by atoms with Crippen LogP contribution in [0.1, 0.15) is 32.5 Å². The van der Waals surface area contributed by atoms with Crippen molar-refractivity contribution in [1.29, 1.82) is 0 Å². The summed E-state index contributed by atoms with van der Waals surface area (Å²) in [6, 6.07) is 1.33. The predicted octanol–water partition coefficient (Wildman–Crippen LogP) is 3.10. The third-order valence-electron chi connectivity index (χ3n) is 2.70. The highest BCUT2D eigenvalue weighted by Gasteiger charge is 2.37. The van der Waals surface area contributed by atoms with Crippen molar-refractivity contribution in [2.75, 3.05) is 0 Å². The molecule has 0 aliphatic carbocycles. The van der Waals surface area contributed by atoms with Crippen LogP contribution in [0.5, 0.6) is 11.5 Å². The van der Waals surface area contributed by atoms with E-state index in [1.165, 1.54) is 6.92 Å². The average molecular weight is 236 g/mol. The van der Waals surface area contributed by atoms with Crippen LogP contribution in [-0.4, -0.2) is 16.0 Å². The number of alkyl halides is 1. The molecular weight excluding hydrogens is 223 g/mol. The number of imidazole rings is 1. The maximum atomic E-state index is 13.5. The fraction of sp³-hybridized carbons (Fsp3) is 0.417. The lowest BCUT2D eigenvalue weighted by Crippen LogP contribution is -2.27. The molecule has 1 atom stereocenters. The second kappa shape index (κ2) is 3.12. The summed E-state index contributed by atoms with van der Waals surface area (Å²) in [4.78, 5) is 7.61. The molecule has 3 rings (SSSR count). The first-order chi connectivity index (χ1) is 7.94. The van der Waals surface area contributed by atoms with E-state index in [-0.39, 0.29) is 0 Å². The van der Waals surface area contributed by atoms with E-state index >= 15 is 0 Å². The monoisotopic (exact) mass is 236 g/mol. The molecule has 0 spiro atoms. The van der Waals surface area contributed by atoms with Gasteiger partial charge < -0.3 is 14.5 Å². The van der Waals surface area contributed by atoms with Crippen LogP contribution in [0, 0.1) is 0 Å². The molecular formula is C12H13FN2O2. The third-order valence-corrected chi connectivity index (χ3v) is 2.70. The number of hydrogen-bond donors (Lipinski definition) is 1. The number of aromatic amines is 1. The van der Waals surface area contributed by atoms with Crippen molar-refractivity contribution in [3.05, 3.63) is 18.0 Å². The normalized spacial score (nSPS) is 17.0. The quantitative estimate of drug-likeness (QED) is 0.827. The molecule has 1 aliphatic heterocycles. The summed E-state index contributed by atoms with van der Waals surface area (Å²) >= 11 is 0. The van der Waals surface area contributed by atoms with Gasteiger partial charge in [0.2, 0.25) is 0 Å². The molecule has 0 saturated carbocycles. The number of benzene rings is 1. The van der Waals surface area contributed by atoms with Crippen molar-refractivity contribution in [2.24, 2.45) is 0 Å². The Labute approximate surface area is 97.8 Å². The number of rotatable bonds is 1. The maximum Gasteiger partial charge on any atom is 0.404 e. The van der Waals surface area contributed by atoms with Crippen molar-refractivity contribution in [3.63, 3.8) is 0 Å². The second-order valence-corrected chi connectivity index (χ2v) is 4.63. The van der Waals surface area contributed by atoms with Gasteiger partial charge in [0, 0.05) is 25.0 Å². The molecule has 1 aromatic carbocycles. The van der Waals surface area contributed by atoms with Crippen LogP contribution in [0.4, 0.5) is 4.39 Å². The lowest BCUT2D eigenvalue weighted by molar-refractivity contribution is -0.173. The zero-order valence-electron chi connectivity index (χ0n) is 9.87. The number of H-pyrrole nitrogens is 1. The molecule has 0 saturated heterocycles.